The molecule has 0 spiro atoms. The molecule has 0 fully saturated rings. The topological polar surface area (TPSA) is 101 Å². The van der Waals surface area contributed by atoms with Gasteiger partial charge in [-0.2, -0.15) is 0 Å². The summed E-state index contributed by atoms with van der Waals surface area (Å²) in [6.45, 7) is 2.79. The summed E-state index contributed by atoms with van der Waals surface area (Å²) in [4.78, 5) is 26.3. The van der Waals surface area contributed by atoms with Gasteiger partial charge >= 0.3 is 6.16 Å². The Kier molecular flexibility index (Phi) is 7.23. The van der Waals surface area contributed by atoms with E-state index in [4.69, 9.17) is 19.9 Å². The highest BCUT2D eigenvalue weighted by Crippen LogP contribution is 2.10. The van der Waals surface area contributed by atoms with Gasteiger partial charge in [-0.15, -0.1) is 0 Å². The van der Waals surface area contributed by atoms with E-state index in [2.05, 4.69) is 4.98 Å². The predicted octanol–water partition coefficient (Wildman–Crippen LogP) is 1.05. The van der Waals surface area contributed by atoms with E-state index in [1.54, 1.807) is 12.1 Å². The molecular weight excluding hydrogens is 264 g/mol. The summed E-state index contributed by atoms with van der Waals surface area (Å²) in [5.74, 6) is 0.0835. The maximum Gasteiger partial charge on any atom is 0.513 e. The van der Waals surface area contributed by atoms with Gasteiger partial charge in [0.25, 0.3) is 0 Å². The number of nitrogens with zero attached hydrogens (tertiary/aromatic N) is 1. The van der Waals surface area contributed by atoms with Gasteiger partial charge in [-0.05, 0) is 19.1 Å². The largest absolute Gasteiger partial charge is 0.513 e. The molecule has 2 N–H and O–H groups in total. The minimum absolute atomic E-state index is 0.0509. The van der Waals surface area contributed by atoms with Gasteiger partial charge in [-0.25, -0.2) is 4.79 Å². The van der Waals surface area contributed by atoms with Crippen molar-refractivity contribution in [1.82, 2.24) is 4.98 Å². The molecule has 0 unspecified atom stereocenters. The van der Waals surface area contributed by atoms with Crippen LogP contribution in [0.25, 0.3) is 0 Å². The Morgan fingerprint density at radius 2 is 2.15 bits per heavy atom. The second-order valence-electron chi connectivity index (χ2n) is 3.82. The lowest BCUT2D eigenvalue weighted by Gasteiger charge is -2.06. The molecule has 0 atom stereocenters. The maximum atomic E-state index is 11.3. The highest BCUT2D eigenvalue weighted by atomic mass is 16.7. The Hall–Kier alpha value is -1.99. The van der Waals surface area contributed by atoms with Crippen LogP contribution in [0.1, 0.15) is 19.0 Å². The SMILES string of the molecule is CCOCc1ccc(OC(=O)OCCC(=O)CN)cn1. The fourth-order valence-corrected chi connectivity index (χ4v) is 1.24. The van der Waals surface area contributed by atoms with E-state index in [-0.39, 0.29) is 31.1 Å². The van der Waals surface area contributed by atoms with Crippen LogP contribution in [-0.4, -0.2) is 36.7 Å². The predicted molar refractivity (Wildman–Crippen MR) is 70.2 cm³/mol. The third kappa shape index (κ3) is 6.26. The molecule has 0 aromatic carbocycles. The van der Waals surface area contributed by atoms with Crippen molar-refractivity contribution in [2.24, 2.45) is 5.73 Å². The van der Waals surface area contributed by atoms with Crippen molar-refractivity contribution < 1.29 is 23.8 Å². The molecule has 110 valence electrons. The first-order chi connectivity index (χ1) is 9.65. The lowest BCUT2D eigenvalue weighted by molar-refractivity contribution is -0.118. The van der Waals surface area contributed by atoms with Crippen LogP contribution in [0.2, 0.25) is 0 Å². The van der Waals surface area contributed by atoms with Gasteiger partial charge in [0.2, 0.25) is 0 Å². The molecule has 7 heteroatoms. The molecule has 0 aliphatic heterocycles. The van der Waals surface area contributed by atoms with E-state index in [0.717, 1.165) is 5.69 Å². The fraction of sp³-hybridized carbons (Fsp3) is 0.462. The molecule has 0 bridgehead atoms. The number of carbonyl (C=O) groups is 2. The van der Waals surface area contributed by atoms with Gasteiger partial charge in [0.05, 0.1) is 25.0 Å². The standard InChI is InChI=1S/C13H18N2O5/c1-2-18-9-10-3-4-12(8-15-10)20-13(17)19-6-5-11(16)7-14/h3-4,8H,2,5-7,9,14H2,1H3. The fourth-order valence-electron chi connectivity index (χ4n) is 1.24. The van der Waals surface area contributed by atoms with Crippen molar-refractivity contribution in [2.45, 2.75) is 20.0 Å². The first-order valence-corrected chi connectivity index (χ1v) is 6.24. The minimum Gasteiger partial charge on any atom is -0.434 e. The molecule has 7 nitrogen and oxygen atoms in total. The van der Waals surface area contributed by atoms with Crippen molar-refractivity contribution in [3.63, 3.8) is 0 Å². The summed E-state index contributed by atoms with van der Waals surface area (Å²) < 4.78 is 14.8. The van der Waals surface area contributed by atoms with Crippen LogP contribution < -0.4 is 10.5 Å². The molecule has 0 saturated heterocycles. The van der Waals surface area contributed by atoms with Gasteiger partial charge in [0.1, 0.15) is 12.4 Å². The lowest BCUT2D eigenvalue weighted by atomic mass is 10.3. The lowest BCUT2D eigenvalue weighted by Crippen LogP contribution is -2.18. The van der Waals surface area contributed by atoms with Crippen LogP contribution in [-0.2, 0) is 20.9 Å². The monoisotopic (exact) mass is 282 g/mol. The highest BCUT2D eigenvalue weighted by Gasteiger charge is 2.08. The number of ketones is 1. The zero-order valence-electron chi connectivity index (χ0n) is 11.3. The van der Waals surface area contributed by atoms with Crippen molar-refractivity contribution in [1.29, 1.82) is 0 Å². The molecule has 0 saturated carbocycles. The Morgan fingerprint density at radius 1 is 1.35 bits per heavy atom. The van der Waals surface area contributed by atoms with Crippen LogP contribution in [0.5, 0.6) is 5.75 Å². The summed E-state index contributed by atoms with van der Waals surface area (Å²) in [6.07, 6.45) is 0.604. The second kappa shape index (κ2) is 9.00. The smallest absolute Gasteiger partial charge is 0.434 e. The highest BCUT2D eigenvalue weighted by molar-refractivity contribution is 5.80. The van der Waals surface area contributed by atoms with Gasteiger partial charge in [0.15, 0.2) is 5.75 Å². The minimum atomic E-state index is -0.880. The molecule has 1 aromatic heterocycles. The van der Waals surface area contributed by atoms with Crippen molar-refractivity contribution in [3.8, 4) is 5.75 Å². The number of pyridine rings is 1. The van der Waals surface area contributed by atoms with Gasteiger partial charge < -0.3 is 19.9 Å². The number of aromatic nitrogens is 1. The number of hydrogen-bond acceptors (Lipinski definition) is 7. The number of Topliss-reactive ketones (excluding diaryl/α,β-unsaturated/α-hetero) is 1. The van der Waals surface area contributed by atoms with Crippen molar-refractivity contribution in [2.75, 3.05) is 19.8 Å². The third-order valence-corrected chi connectivity index (χ3v) is 2.28. The summed E-state index contributed by atoms with van der Waals surface area (Å²) >= 11 is 0. The normalized spacial score (nSPS) is 10.1. The van der Waals surface area contributed by atoms with Gasteiger partial charge in [-0.1, -0.05) is 0 Å². The Morgan fingerprint density at radius 3 is 2.75 bits per heavy atom. The van der Waals surface area contributed by atoms with Crippen LogP contribution in [0, 0.1) is 0 Å². The average Bonchev–Trinajstić information content (AvgIpc) is 2.46. The quantitative estimate of drug-likeness (QED) is 0.711. The Balaban J connectivity index is 2.32. The first-order valence-electron chi connectivity index (χ1n) is 6.24. The van der Waals surface area contributed by atoms with Crippen molar-refractivity contribution >= 4 is 11.9 Å². The van der Waals surface area contributed by atoms with E-state index in [1.165, 1.54) is 6.20 Å². The van der Waals surface area contributed by atoms with Crippen molar-refractivity contribution in [3.05, 3.63) is 24.0 Å². The number of ether oxygens (including phenoxy) is 3. The van der Waals surface area contributed by atoms with E-state index < -0.39 is 6.16 Å². The third-order valence-electron chi connectivity index (χ3n) is 2.28. The molecule has 0 amide bonds. The molecule has 0 radical (unpaired) electrons. The molecule has 0 aliphatic carbocycles. The van der Waals surface area contributed by atoms with E-state index >= 15 is 0 Å². The molecule has 20 heavy (non-hydrogen) atoms. The number of hydrogen-bond donors (Lipinski definition) is 1. The van der Waals surface area contributed by atoms with Crippen LogP contribution in [0.4, 0.5) is 4.79 Å². The summed E-state index contributed by atoms with van der Waals surface area (Å²) in [5, 5.41) is 0. The van der Waals surface area contributed by atoms with E-state index in [1.807, 2.05) is 6.92 Å². The van der Waals surface area contributed by atoms with E-state index in [0.29, 0.717) is 13.2 Å². The molecule has 1 aromatic rings. The zero-order valence-corrected chi connectivity index (χ0v) is 11.3. The average molecular weight is 282 g/mol. The van der Waals surface area contributed by atoms with Crippen LogP contribution in [0.3, 0.4) is 0 Å². The summed E-state index contributed by atoms with van der Waals surface area (Å²) in [5.41, 5.74) is 5.86. The summed E-state index contributed by atoms with van der Waals surface area (Å²) in [7, 11) is 0. The number of rotatable bonds is 8. The molecular formula is C13H18N2O5. The second-order valence-corrected chi connectivity index (χ2v) is 3.82. The Bertz CT molecular complexity index is 433. The maximum absolute atomic E-state index is 11.3. The molecule has 1 heterocycles. The van der Waals surface area contributed by atoms with Gasteiger partial charge in [0, 0.05) is 13.0 Å². The summed E-state index contributed by atoms with van der Waals surface area (Å²) in [6, 6.07) is 3.28. The number of carbonyl (C=O) groups excluding carboxylic acids is 2. The zero-order chi connectivity index (χ0) is 14.8. The van der Waals surface area contributed by atoms with Crippen LogP contribution >= 0.6 is 0 Å². The first kappa shape index (κ1) is 16.1. The molecule has 1 rings (SSSR count). The number of nitrogens with two attached hydrogens (primary N) is 1. The van der Waals surface area contributed by atoms with Gasteiger partial charge in [-0.3, -0.25) is 9.78 Å². The Labute approximate surface area is 117 Å². The molecule has 0 aliphatic rings. The van der Waals surface area contributed by atoms with E-state index in [9.17, 15) is 9.59 Å². The van der Waals surface area contributed by atoms with Crippen LogP contribution in [0.15, 0.2) is 18.3 Å².